The van der Waals surface area contributed by atoms with Crippen LogP contribution in [0, 0.1) is 5.82 Å². The average Bonchev–Trinajstić information content (AvgIpc) is 3.35. The molecule has 152 valence electrons. The summed E-state index contributed by atoms with van der Waals surface area (Å²) in [7, 11) is 1.57. The number of carbonyl (C=O) groups excluding carboxylic acids is 2. The summed E-state index contributed by atoms with van der Waals surface area (Å²) < 4.78 is 18.4. The molecule has 0 saturated carbocycles. The molecule has 7 heteroatoms. The van der Waals surface area contributed by atoms with Gasteiger partial charge < -0.3 is 10.1 Å². The minimum atomic E-state index is -0.381. The van der Waals surface area contributed by atoms with Gasteiger partial charge in [-0.3, -0.25) is 14.5 Å². The van der Waals surface area contributed by atoms with E-state index in [0.717, 1.165) is 10.4 Å². The second-order valence-electron chi connectivity index (χ2n) is 6.72. The highest BCUT2D eigenvalue weighted by molar-refractivity contribution is 7.11. The third kappa shape index (κ3) is 3.97. The number of nitrogens with zero attached hydrogens (tertiary/aromatic N) is 1. The van der Waals surface area contributed by atoms with Crippen molar-refractivity contribution in [2.75, 3.05) is 19.0 Å². The van der Waals surface area contributed by atoms with Gasteiger partial charge in [0.25, 0.3) is 11.8 Å². The number of amides is 2. The second-order valence-corrected chi connectivity index (χ2v) is 7.67. The SMILES string of the molecule is COc1cccc(NC2=C(c3cccs3)C(=O)N(CCc3ccc(F)cc3)C2=O)c1. The lowest BCUT2D eigenvalue weighted by Crippen LogP contribution is -2.34. The van der Waals surface area contributed by atoms with Gasteiger partial charge in [0.15, 0.2) is 0 Å². The fourth-order valence-corrected chi connectivity index (χ4v) is 4.05. The van der Waals surface area contributed by atoms with E-state index < -0.39 is 0 Å². The van der Waals surface area contributed by atoms with Gasteiger partial charge in [0.2, 0.25) is 0 Å². The quantitative estimate of drug-likeness (QED) is 0.576. The Balaban J connectivity index is 1.61. The summed E-state index contributed by atoms with van der Waals surface area (Å²) in [6, 6.07) is 16.9. The number of imide groups is 1. The number of hydrogen-bond acceptors (Lipinski definition) is 5. The van der Waals surface area contributed by atoms with Gasteiger partial charge in [-0.05, 0) is 47.7 Å². The van der Waals surface area contributed by atoms with Crippen molar-refractivity contribution in [3.8, 4) is 5.75 Å². The molecule has 2 aromatic carbocycles. The van der Waals surface area contributed by atoms with E-state index >= 15 is 0 Å². The van der Waals surface area contributed by atoms with Crippen LogP contribution < -0.4 is 10.1 Å². The van der Waals surface area contributed by atoms with Crippen molar-refractivity contribution in [3.63, 3.8) is 0 Å². The van der Waals surface area contributed by atoms with Gasteiger partial charge in [-0.15, -0.1) is 11.3 Å². The molecule has 2 heterocycles. The third-order valence-electron chi connectivity index (χ3n) is 4.81. The molecule has 1 N–H and O–H groups in total. The van der Waals surface area contributed by atoms with Crippen LogP contribution in [0.5, 0.6) is 5.75 Å². The largest absolute Gasteiger partial charge is 0.497 e. The summed E-state index contributed by atoms with van der Waals surface area (Å²) in [5.41, 5.74) is 2.11. The van der Waals surface area contributed by atoms with Crippen LogP contribution in [0.25, 0.3) is 5.57 Å². The Morgan fingerprint density at radius 1 is 1.03 bits per heavy atom. The average molecular weight is 422 g/mol. The van der Waals surface area contributed by atoms with Gasteiger partial charge in [-0.2, -0.15) is 0 Å². The Kier molecular flexibility index (Phi) is 5.63. The van der Waals surface area contributed by atoms with Gasteiger partial charge in [0.1, 0.15) is 17.3 Å². The maximum atomic E-state index is 13.2. The molecule has 1 aliphatic rings. The lowest BCUT2D eigenvalue weighted by Gasteiger charge is -2.15. The summed E-state index contributed by atoms with van der Waals surface area (Å²) in [4.78, 5) is 28.3. The van der Waals surface area contributed by atoms with Gasteiger partial charge >= 0.3 is 0 Å². The Hall–Kier alpha value is -3.45. The van der Waals surface area contributed by atoms with E-state index in [-0.39, 0.29) is 29.9 Å². The number of ether oxygens (including phenoxy) is 1. The number of nitrogens with one attached hydrogen (secondary N) is 1. The van der Waals surface area contributed by atoms with Crippen LogP contribution in [0.2, 0.25) is 0 Å². The number of anilines is 1. The summed E-state index contributed by atoms with van der Waals surface area (Å²) in [5, 5.41) is 4.98. The Labute approximate surface area is 177 Å². The third-order valence-corrected chi connectivity index (χ3v) is 5.70. The predicted octanol–water partition coefficient (Wildman–Crippen LogP) is 4.33. The molecule has 1 aromatic heterocycles. The van der Waals surface area contributed by atoms with E-state index in [4.69, 9.17) is 4.74 Å². The molecule has 1 aliphatic heterocycles. The number of thiophene rings is 1. The van der Waals surface area contributed by atoms with Crippen LogP contribution in [0.4, 0.5) is 10.1 Å². The summed E-state index contributed by atoms with van der Waals surface area (Å²) in [6.45, 7) is 0.210. The predicted molar refractivity (Wildman–Crippen MR) is 115 cm³/mol. The molecule has 3 aromatic rings. The van der Waals surface area contributed by atoms with Crippen LogP contribution in [0.3, 0.4) is 0 Å². The van der Waals surface area contributed by atoms with Crippen molar-refractivity contribution in [2.24, 2.45) is 0 Å². The highest BCUT2D eigenvalue weighted by Crippen LogP contribution is 2.33. The molecular weight excluding hydrogens is 403 g/mol. The van der Waals surface area contributed by atoms with Crippen LogP contribution in [-0.4, -0.2) is 30.4 Å². The van der Waals surface area contributed by atoms with Crippen molar-refractivity contribution in [1.29, 1.82) is 0 Å². The molecule has 0 radical (unpaired) electrons. The number of hydrogen-bond donors (Lipinski definition) is 1. The van der Waals surface area contributed by atoms with E-state index in [1.54, 1.807) is 43.5 Å². The highest BCUT2D eigenvalue weighted by Gasteiger charge is 2.39. The van der Waals surface area contributed by atoms with Crippen molar-refractivity contribution in [2.45, 2.75) is 6.42 Å². The lowest BCUT2D eigenvalue weighted by atomic mass is 10.1. The number of benzene rings is 2. The molecule has 5 nitrogen and oxygen atoms in total. The lowest BCUT2D eigenvalue weighted by molar-refractivity contribution is -0.136. The van der Waals surface area contributed by atoms with E-state index in [1.165, 1.54) is 28.4 Å². The first kappa shape index (κ1) is 19.8. The van der Waals surface area contributed by atoms with Crippen molar-refractivity contribution >= 4 is 34.4 Å². The number of methoxy groups -OCH3 is 1. The van der Waals surface area contributed by atoms with Gasteiger partial charge in [0, 0.05) is 23.2 Å². The standard InChI is InChI=1S/C23H19FN2O3S/c1-29-18-5-2-4-17(14-18)25-21-20(19-6-3-13-30-19)22(27)26(23(21)28)12-11-15-7-9-16(24)10-8-15/h2-10,13-14,25H,11-12H2,1H3. The highest BCUT2D eigenvalue weighted by atomic mass is 32.1. The van der Waals surface area contributed by atoms with Crippen molar-refractivity contribution < 1.29 is 18.7 Å². The first-order valence-electron chi connectivity index (χ1n) is 9.36. The molecule has 0 spiro atoms. The maximum absolute atomic E-state index is 13.2. The number of carbonyl (C=O) groups is 2. The van der Waals surface area contributed by atoms with E-state index in [1.807, 2.05) is 17.5 Å². The Morgan fingerprint density at radius 3 is 2.53 bits per heavy atom. The normalized spacial score (nSPS) is 13.9. The zero-order valence-corrected chi connectivity index (χ0v) is 17.0. The first-order chi connectivity index (χ1) is 14.6. The van der Waals surface area contributed by atoms with Gasteiger partial charge in [-0.1, -0.05) is 24.3 Å². The number of rotatable bonds is 7. The molecule has 0 aliphatic carbocycles. The molecule has 30 heavy (non-hydrogen) atoms. The zero-order chi connectivity index (χ0) is 21.1. The summed E-state index contributed by atoms with van der Waals surface area (Å²) in [5.74, 6) is -0.398. The maximum Gasteiger partial charge on any atom is 0.278 e. The molecule has 0 fully saturated rings. The first-order valence-corrected chi connectivity index (χ1v) is 10.2. The van der Waals surface area contributed by atoms with E-state index in [0.29, 0.717) is 23.4 Å². The minimum absolute atomic E-state index is 0.210. The molecule has 0 atom stereocenters. The van der Waals surface area contributed by atoms with Crippen molar-refractivity contribution in [1.82, 2.24) is 4.90 Å². The Morgan fingerprint density at radius 2 is 1.83 bits per heavy atom. The summed E-state index contributed by atoms with van der Waals surface area (Å²) in [6.07, 6.45) is 0.446. The van der Waals surface area contributed by atoms with E-state index in [2.05, 4.69) is 5.32 Å². The number of halogens is 1. The molecule has 4 rings (SSSR count). The smallest absolute Gasteiger partial charge is 0.278 e. The molecule has 0 bridgehead atoms. The Bertz CT molecular complexity index is 1110. The van der Waals surface area contributed by atoms with Crippen LogP contribution >= 0.6 is 11.3 Å². The molecule has 0 unspecified atom stereocenters. The monoisotopic (exact) mass is 422 g/mol. The van der Waals surface area contributed by atoms with Crippen LogP contribution in [0.15, 0.2) is 71.7 Å². The topological polar surface area (TPSA) is 58.6 Å². The van der Waals surface area contributed by atoms with Gasteiger partial charge in [-0.25, -0.2) is 4.39 Å². The van der Waals surface area contributed by atoms with Crippen LogP contribution in [-0.2, 0) is 16.0 Å². The van der Waals surface area contributed by atoms with Gasteiger partial charge in [0.05, 0.1) is 12.7 Å². The van der Waals surface area contributed by atoms with Crippen molar-refractivity contribution in [3.05, 3.63) is 88.0 Å². The van der Waals surface area contributed by atoms with Crippen LogP contribution in [0.1, 0.15) is 10.4 Å². The second kappa shape index (κ2) is 8.51. The summed E-state index contributed by atoms with van der Waals surface area (Å²) >= 11 is 1.40. The fourth-order valence-electron chi connectivity index (χ4n) is 3.28. The molecule has 2 amide bonds. The minimum Gasteiger partial charge on any atom is -0.497 e. The molecule has 0 saturated heterocycles. The molecular formula is C23H19FN2O3S. The fraction of sp³-hybridized carbons (Fsp3) is 0.130. The van der Waals surface area contributed by atoms with E-state index in [9.17, 15) is 14.0 Å². The zero-order valence-electron chi connectivity index (χ0n) is 16.2.